The van der Waals surface area contributed by atoms with Gasteiger partial charge in [-0.15, -0.1) is 0 Å². The van der Waals surface area contributed by atoms with Crippen LogP contribution in [-0.2, 0) is 0 Å². The van der Waals surface area contributed by atoms with Crippen molar-refractivity contribution in [2.45, 2.75) is 32.4 Å². The number of nitrogens with zero attached hydrogens (tertiary/aromatic N) is 4. The van der Waals surface area contributed by atoms with Gasteiger partial charge in [-0.3, -0.25) is 4.79 Å². The number of β-amino-alcohol motifs (C(OH)–C–C–N with tert-alkyl or cyclic N) is 1. The lowest BCUT2D eigenvalue weighted by Crippen LogP contribution is -2.32. The molecular formula is C15H17ClN4O4. The minimum absolute atomic E-state index is 0.176. The van der Waals surface area contributed by atoms with Crippen LogP contribution in [0.3, 0.4) is 0 Å². The van der Waals surface area contributed by atoms with Crippen molar-refractivity contribution < 1.29 is 19.2 Å². The quantitative estimate of drug-likeness (QED) is 0.894. The smallest absolute Gasteiger partial charge is 0.256 e. The number of aliphatic hydroxyl groups excluding tert-OH is 1. The van der Waals surface area contributed by atoms with Gasteiger partial charge in [-0.2, -0.15) is 4.98 Å². The zero-order valence-corrected chi connectivity index (χ0v) is 14.0. The number of aromatic nitrogens is 3. The van der Waals surface area contributed by atoms with E-state index in [2.05, 4.69) is 15.1 Å². The maximum absolute atomic E-state index is 12.8. The number of aliphatic hydroxyl groups is 1. The molecule has 2 aromatic rings. The number of carbonyl (C=O) groups is 1. The van der Waals surface area contributed by atoms with Gasteiger partial charge in [0.2, 0.25) is 11.8 Å². The number of carbonyl (C=O) groups excluding carboxylic acids is 1. The predicted molar refractivity (Wildman–Crippen MR) is 83.9 cm³/mol. The number of aryl methyl sites for hydroxylation is 1. The Morgan fingerprint density at radius 3 is 3.00 bits per heavy atom. The van der Waals surface area contributed by atoms with Gasteiger partial charge in [0.05, 0.1) is 18.3 Å². The zero-order chi connectivity index (χ0) is 17.3. The lowest BCUT2D eigenvalue weighted by Gasteiger charge is -2.21. The minimum Gasteiger partial charge on any atom is -0.477 e. The van der Waals surface area contributed by atoms with E-state index in [0.29, 0.717) is 30.3 Å². The van der Waals surface area contributed by atoms with Crippen LogP contribution in [0.25, 0.3) is 0 Å². The molecule has 0 radical (unpaired) electrons. The first-order valence-electron chi connectivity index (χ1n) is 7.57. The van der Waals surface area contributed by atoms with Crippen molar-refractivity contribution in [3.05, 3.63) is 34.6 Å². The molecule has 1 saturated heterocycles. The van der Waals surface area contributed by atoms with Crippen molar-refractivity contribution in [2.24, 2.45) is 0 Å². The summed E-state index contributed by atoms with van der Waals surface area (Å²) in [5.74, 6) is 0.748. The molecule has 3 rings (SSSR count). The first-order chi connectivity index (χ1) is 11.5. The fourth-order valence-corrected chi connectivity index (χ4v) is 2.89. The van der Waals surface area contributed by atoms with Crippen LogP contribution in [0.5, 0.6) is 5.88 Å². The first-order valence-corrected chi connectivity index (χ1v) is 7.95. The summed E-state index contributed by atoms with van der Waals surface area (Å²) in [5, 5.41) is 14.0. The molecule has 8 nitrogen and oxygen atoms in total. The van der Waals surface area contributed by atoms with Gasteiger partial charge in [0.25, 0.3) is 5.91 Å². The summed E-state index contributed by atoms with van der Waals surface area (Å²) in [6.45, 7) is 4.12. The molecule has 0 unspecified atom stereocenters. The molecule has 2 atom stereocenters. The van der Waals surface area contributed by atoms with Crippen LogP contribution in [0.1, 0.15) is 41.5 Å². The molecule has 2 aromatic heterocycles. The van der Waals surface area contributed by atoms with E-state index < -0.39 is 12.1 Å². The van der Waals surface area contributed by atoms with E-state index in [1.165, 1.54) is 17.2 Å². The van der Waals surface area contributed by atoms with Crippen LogP contribution < -0.4 is 4.74 Å². The molecule has 0 saturated carbocycles. The van der Waals surface area contributed by atoms with Crippen LogP contribution in [-0.4, -0.2) is 50.3 Å². The van der Waals surface area contributed by atoms with E-state index >= 15 is 0 Å². The highest BCUT2D eigenvalue weighted by Crippen LogP contribution is 2.33. The molecule has 128 valence electrons. The molecule has 0 aromatic carbocycles. The van der Waals surface area contributed by atoms with Crippen LogP contribution >= 0.6 is 11.6 Å². The number of pyridine rings is 1. The average molecular weight is 353 g/mol. The molecule has 1 amide bonds. The van der Waals surface area contributed by atoms with Gasteiger partial charge >= 0.3 is 0 Å². The van der Waals surface area contributed by atoms with Gasteiger partial charge in [0.1, 0.15) is 11.1 Å². The molecule has 1 aliphatic rings. The Kier molecular flexibility index (Phi) is 4.68. The third-order valence-electron chi connectivity index (χ3n) is 3.70. The Bertz CT molecular complexity index is 751. The lowest BCUT2D eigenvalue weighted by atomic mass is 10.2. The van der Waals surface area contributed by atoms with Crippen molar-refractivity contribution in [3.8, 4) is 5.88 Å². The Balaban J connectivity index is 1.86. The van der Waals surface area contributed by atoms with Crippen molar-refractivity contribution in [2.75, 3.05) is 13.2 Å². The topological polar surface area (TPSA) is 102 Å². The van der Waals surface area contributed by atoms with Gasteiger partial charge in [-0.1, -0.05) is 16.8 Å². The lowest BCUT2D eigenvalue weighted by molar-refractivity contribution is 0.0693. The van der Waals surface area contributed by atoms with E-state index in [1.54, 1.807) is 6.92 Å². The second-order valence-electron chi connectivity index (χ2n) is 5.49. The van der Waals surface area contributed by atoms with Gasteiger partial charge in [0, 0.05) is 19.2 Å². The average Bonchev–Trinajstić information content (AvgIpc) is 3.14. The van der Waals surface area contributed by atoms with E-state index in [1.807, 2.05) is 6.92 Å². The third kappa shape index (κ3) is 3.20. The summed E-state index contributed by atoms with van der Waals surface area (Å²) in [6.07, 6.45) is 1.09. The Hall–Kier alpha value is -2.19. The molecule has 24 heavy (non-hydrogen) atoms. The molecule has 9 heteroatoms. The van der Waals surface area contributed by atoms with E-state index in [0.717, 1.165) is 0 Å². The number of ether oxygens (including phenoxy) is 1. The molecule has 1 aliphatic heterocycles. The zero-order valence-electron chi connectivity index (χ0n) is 13.3. The maximum Gasteiger partial charge on any atom is 0.256 e. The number of amides is 1. The van der Waals surface area contributed by atoms with Crippen molar-refractivity contribution >= 4 is 17.5 Å². The largest absolute Gasteiger partial charge is 0.477 e. The molecule has 1 N–H and O–H groups in total. The van der Waals surface area contributed by atoms with Crippen LogP contribution in [0.15, 0.2) is 16.8 Å². The highest BCUT2D eigenvalue weighted by Gasteiger charge is 2.39. The Labute approximate surface area is 143 Å². The fraction of sp³-hybridized carbons (Fsp3) is 0.467. The minimum atomic E-state index is -0.655. The highest BCUT2D eigenvalue weighted by atomic mass is 35.5. The maximum atomic E-state index is 12.8. The van der Waals surface area contributed by atoms with E-state index in [9.17, 15) is 9.90 Å². The molecule has 1 fully saturated rings. The van der Waals surface area contributed by atoms with Gasteiger partial charge in [-0.25, -0.2) is 4.98 Å². The summed E-state index contributed by atoms with van der Waals surface area (Å²) < 4.78 is 10.4. The molecular weight excluding hydrogens is 336 g/mol. The van der Waals surface area contributed by atoms with Gasteiger partial charge < -0.3 is 19.3 Å². The van der Waals surface area contributed by atoms with E-state index in [4.69, 9.17) is 20.9 Å². The second-order valence-corrected chi connectivity index (χ2v) is 5.89. The van der Waals surface area contributed by atoms with Crippen LogP contribution in [0.4, 0.5) is 0 Å². The summed E-state index contributed by atoms with van der Waals surface area (Å²) in [4.78, 5) is 22.5. The number of rotatable bonds is 4. The summed E-state index contributed by atoms with van der Waals surface area (Å²) >= 11 is 6.10. The SMILES string of the molecule is CCOc1ncc(C(=O)N2C[C@@H](O)C[C@@H]2c2nc(C)no2)cc1Cl. The van der Waals surface area contributed by atoms with Crippen molar-refractivity contribution in [3.63, 3.8) is 0 Å². The van der Waals surface area contributed by atoms with Crippen molar-refractivity contribution in [1.82, 2.24) is 20.0 Å². The van der Waals surface area contributed by atoms with Gasteiger partial charge in [0.15, 0.2) is 5.82 Å². The summed E-state index contributed by atoms with van der Waals surface area (Å²) in [7, 11) is 0. The Morgan fingerprint density at radius 1 is 1.58 bits per heavy atom. The van der Waals surface area contributed by atoms with Gasteiger partial charge in [-0.05, 0) is 19.9 Å². The highest BCUT2D eigenvalue weighted by molar-refractivity contribution is 6.32. The molecule has 3 heterocycles. The van der Waals surface area contributed by atoms with Crippen LogP contribution in [0.2, 0.25) is 5.02 Å². The first kappa shape index (κ1) is 16.7. The number of halogens is 1. The molecule has 0 aliphatic carbocycles. The number of hydrogen-bond donors (Lipinski definition) is 1. The number of hydrogen-bond acceptors (Lipinski definition) is 7. The van der Waals surface area contributed by atoms with E-state index in [-0.39, 0.29) is 23.4 Å². The normalized spacial score (nSPS) is 20.4. The standard InChI is InChI=1S/C15H17ClN4O4/c1-3-23-13-11(16)4-9(6-17-13)15(22)20-7-10(21)5-12(20)14-18-8(2)19-24-14/h4,6,10,12,21H,3,5,7H2,1-2H3/t10-,12+/m0/s1. The molecule has 0 bridgehead atoms. The fourth-order valence-electron chi connectivity index (χ4n) is 2.67. The molecule has 0 spiro atoms. The van der Waals surface area contributed by atoms with Crippen LogP contribution in [0, 0.1) is 6.92 Å². The summed E-state index contributed by atoms with van der Waals surface area (Å²) in [5.41, 5.74) is 0.304. The second kappa shape index (κ2) is 6.74. The Morgan fingerprint density at radius 2 is 2.38 bits per heavy atom. The monoisotopic (exact) mass is 352 g/mol. The third-order valence-corrected chi connectivity index (χ3v) is 3.97. The number of likely N-dealkylation sites (tertiary alicyclic amines) is 1. The van der Waals surface area contributed by atoms with Crippen molar-refractivity contribution in [1.29, 1.82) is 0 Å². The summed E-state index contributed by atoms with van der Waals surface area (Å²) in [6, 6.07) is 1.03. The predicted octanol–water partition coefficient (Wildman–Crippen LogP) is 1.77.